The lowest BCUT2D eigenvalue weighted by Crippen LogP contribution is -2.15. The summed E-state index contributed by atoms with van der Waals surface area (Å²) in [6, 6.07) is 4.13. The van der Waals surface area contributed by atoms with Gasteiger partial charge in [0.05, 0.1) is 6.54 Å². The number of hydrogen-bond donors (Lipinski definition) is 1. The Morgan fingerprint density at radius 3 is 2.80 bits per heavy atom. The minimum atomic E-state index is 0.700. The van der Waals surface area contributed by atoms with E-state index in [1.165, 1.54) is 5.69 Å². The molecule has 0 unspecified atom stereocenters. The van der Waals surface area contributed by atoms with Crippen LogP contribution < -0.4 is 5.32 Å². The minimum Gasteiger partial charge on any atom is -0.353 e. The van der Waals surface area contributed by atoms with E-state index < -0.39 is 0 Å². The van der Waals surface area contributed by atoms with Gasteiger partial charge in [0, 0.05) is 32.5 Å². The van der Waals surface area contributed by atoms with Gasteiger partial charge in [-0.3, -0.25) is 4.68 Å². The van der Waals surface area contributed by atoms with Crippen LogP contribution in [0.1, 0.15) is 11.5 Å². The summed E-state index contributed by atoms with van der Waals surface area (Å²) in [5, 5.41) is 7.49. The fraction of sp³-hybridized carbons (Fsp3) is 0.400. The highest BCUT2D eigenvalue weighted by atomic mass is 15.3. The zero-order chi connectivity index (χ0) is 10.7. The van der Waals surface area contributed by atoms with E-state index in [0.29, 0.717) is 6.54 Å². The normalized spacial score (nSPS) is 10.8. The first-order valence-electron chi connectivity index (χ1n) is 4.91. The van der Waals surface area contributed by atoms with E-state index in [9.17, 15) is 0 Å². The summed E-state index contributed by atoms with van der Waals surface area (Å²) in [4.78, 5) is 4.14. The maximum absolute atomic E-state index is 4.19. The summed E-state index contributed by atoms with van der Waals surface area (Å²) in [7, 11) is 3.91. The van der Waals surface area contributed by atoms with Crippen molar-refractivity contribution in [2.75, 3.05) is 0 Å². The quantitative estimate of drug-likeness (QED) is 0.788. The predicted octanol–water partition coefficient (Wildman–Crippen LogP) is 0.443. The molecule has 0 saturated carbocycles. The molecule has 0 amide bonds. The van der Waals surface area contributed by atoms with Gasteiger partial charge in [-0.1, -0.05) is 0 Å². The molecule has 2 aromatic heterocycles. The van der Waals surface area contributed by atoms with Crippen LogP contribution in [0.15, 0.2) is 24.7 Å². The molecule has 1 N–H and O–H groups in total. The fourth-order valence-corrected chi connectivity index (χ4v) is 1.45. The number of rotatable bonds is 4. The Morgan fingerprint density at radius 2 is 2.20 bits per heavy atom. The van der Waals surface area contributed by atoms with E-state index in [1.54, 1.807) is 11.0 Å². The van der Waals surface area contributed by atoms with E-state index in [-0.39, 0.29) is 0 Å². The lowest BCUT2D eigenvalue weighted by atomic mass is 10.4. The topological polar surface area (TPSA) is 47.7 Å². The molecule has 0 aliphatic heterocycles. The molecule has 0 spiro atoms. The summed E-state index contributed by atoms with van der Waals surface area (Å²) in [6.07, 6.45) is 3.75. The molecule has 0 atom stereocenters. The maximum atomic E-state index is 4.19. The number of hydrogen-bond acceptors (Lipinski definition) is 3. The molecular weight excluding hydrogens is 190 g/mol. The zero-order valence-corrected chi connectivity index (χ0v) is 9.01. The third kappa shape index (κ3) is 2.44. The van der Waals surface area contributed by atoms with Crippen molar-refractivity contribution in [1.29, 1.82) is 0 Å². The molecular formula is C10H15N5. The van der Waals surface area contributed by atoms with Gasteiger partial charge in [0.2, 0.25) is 0 Å². The van der Waals surface area contributed by atoms with Gasteiger partial charge < -0.3 is 9.88 Å². The van der Waals surface area contributed by atoms with Crippen molar-refractivity contribution in [3.05, 3.63) is 36.2 Å². The Bertz CT molecular complexity index is 428. The zero-order valence-electron chi connectivity index (χ0n) is 9.01. The van der Waals surface area contributed by atoms with Gasteiger partial charge >= 0.3 is 0 Å². The molecule has 0 saturated heterocycles. The van der Waals surface area contributed by atoms with Crippen LogP contribution in [0.5, 0.6) is 0 Å². The van der Waals surface area contributed by atoms with Crippen LogP contribution >= 0.6 is 0 Å². The molecule has 2 aromatic rings. The second-order valence-electron chi connectivity index (χ2n) is 3.55. The number of aromatic nitrogens is 4. The molecule has 2 rings (SSSR count). The Hall–Kier alpha value is -1.62. The Balaban J connectivity index is 1.83. The van der Waals surface area contributed by atoms with E-state index in [0.717, 1.165) is 12.4 Å². The van der Waals surface area contributed by atoms with Crippen LogP contribution in [-0.2, 0) is 27.2 Å². The average molecular weight is 205 g/mol. The van der Waals surface area contributed by atoms with Crippen LogP contribution in [-0.4, -0.2) is 19.3 Å². The van der Waals surface area contributed by atoms with Gasteiger partial charge in [-0.15, -0.1) is 0 Å². The second kappa shape index (κ2) is 4.27. The Labute approximate surface area is 88.7 Å². The molecule has 0 aromatic carbocycles. The van der Waals surface area contributed by atoms with Gasteiger partial charge in [-0.25, -0.2) is 4.98 Å². The van der Waals surface area contributed by atoms with Crippen LogP contribution in [0.2, 0.25) is 0 Å². The van der Waals surface area contributed by atoms with Crippen molar-refractivity contribution in [2.24, 2.45) is 14.1 Å². The summed E-state index contributed by atoms with van der Waals surface area (Å²) in [6.45, 7) is 1.54. The molecule has 0 bridgehead atoms. The lowest BCUT2D eigenvalue weighted by molar-refractivity contribution is 0.625. The van der Waals surface area contributed by atoms with Crippen LogP contribution in [0.3, 0.4) is 0 Å². The molecule has 15 heavy (non-hydrogen) atoms. The third-order valence-electron chi connectivity index (χ3n) is 2.29. The molecule has 2 heterocycles. The van der Waals surface area contributed by atoms with Gasteiger partial charge in [0.25, 0.3) is 0 Å². The molecule has 0 radical (unpaired) electrons. The number of nitrogens with zero attached hydrogens (tertiary/aromatic N) is 4. The highest BCUT2D eigenvalue weighted by molar-refractivity contribution is 5.06. The van der Waals surface area contributed by atoms with E-state index in [4.69, 9.17) is 0 Å². The van der Waals surface area contributed by atoms with Gasteiger partial charge in [0.15, 0.2) is 5.82 Å². The van der Waals surface area contributed by atoms with E-state index in [1.807, 2.05) is 26.4 Å². The van der Waals surface area contributed by atoms with Gasteiger partial charge in [-0.2, -0.15) is 5.10 Å². The minimum absolute atomic E-state index is 0.700. The second-order valence-corrected chi connectivity index (χ2v) is 3.55. The number of aryl methyl sites for hydroxylation is 2. The monoisotopic (exact) mass is 205 g/mol. The highest BCUT2D eigenvalue weighted by Crippen LogP contribution is 1.98. The molecule has 5 heteroatoms. The summed E-state index contributed by atoms with van der Waals surface area (Å²) < 4.78 is 3.80. The van der Waals surface area contributed by atoms with Crippen molar-refractivity contribution in [3.8, 4) is 0 Å². The predicted molar refractivity (Wildman–Crippen MR) is 57.0 cm³/mol. The lowest BCUT2D eigenvalue weighted by Gasteiger charge is -2.03. The van der Waals surface area contributed by atoms with Crippen molar-refractivity contribution in [3.63, 3.8) is 0 Å². The summed E-state index contributed by atoms with van der Waals surface area (Å²) in [5.74, 6) is 0.826. The first kappa shape index (κ1) is 9.92. The first-order chi connectivity index (χ1) is 7.25. The van der Waals surface area contributed by atoms with Gasteiger partial charge in [0.1, 0.15) is 6.33 Å². The first-order valence-corrected chi connectivity index (χ1v) is 4.91. The number of nitrogens with one attached hydrogen (secondary N) is 1. The highest BCUT2D eigenvalue weighted by Gasteiger charge is 1.99. The van der Waals surface area contributed by atoms with Crippen molar-refractivity contribution < 1.29 is 0 Å². The largest absolute Gasteiger partial charge is 0.353 e. The fourth-order valence-electron chi connectivity index (χ4n) is 1.45. The molecule has 0 aliphatic rings. The third-order valence-corrected chi connectivity index (χ3v) is 2.29. The Kier molecular flexibility index (Phi) is 2.82. The average Bonchev–Trinajstić information content (AvgIpc) is 2.77. The maximum Gasteiger partial charge on any atom is 0.164 e. The smallest absolute Gasteiger partial charge is 0.164 e. The van der Waals surface area contributed by atoms with Crippen LogP contribution in [0.4, 0.5) is 0 Å². The van der Waals surface area contributed by atoms with Crippen LogP contribution in [0.25, 0.3) is 0 Å². The van der Waals surface area contributed by atoms with E-state index in [2.05, 4.69) is 26.0 Å². The molecule has 5 nitrogen and oxygen atoms in total. The molecule has 0 fully saturated rings. The van der Waals surface area contributed by atoms with Crippen molar-refractivity contribution in [1.82, 2.24) is 24.6 Å². The molecule has 80 valence electrons. The van der Waals surface area contributed by atoms with Crippen LogP contribution in [0, 0.1) is 0 Å². The van der Waals surface area contributed by atoms with E-state index >= 15 is 0 Å². The Morgan fingerprint density at radius 1 is 1.33 bits per heavy atom. The van der Waals surface area contributed by atoms with Crippen molar-refractivity contribution >= 4 is 0 Å². The standard InChI is InChI=1S/C10H15N5/c1-14-5-3-4-9(14)6-11-7-10-12-8-15(2)13-10/h3-5,8,11H,6-7H2,1-2H3. The van der Waals surface area contributed by atoms with Crippen molar-refractivity contribution in [2.45, 2.75) is 13.1 Å². The SMILES string of the molecule is Cn1cnc(CNCc2cccn2C)n1. The molecule has 0 aliphatic carbocycles. The van der Waals surface area contributed by atoms with Gasteiger partial charge in [-0.05, 0) is 12.1 Å². The summed E-state index contributed by atoms with van der Waals surface area (Å²) >= 11 is 0. The summed E-state index contributed by atoms with van der Waals surface area (Å²) in [5.41, 5.74) is 1.26.